The highest BCUT2D eigenvalue weighted by molar-refractivity contribution is 5.86. The Hall–Kier alpha value is -1.55. The Morgan fingerprint density at radius 3 is 2.90 bits per heavy atom. The van der Waals surface area contributed by atoms with Gasteiger partial charge in [0, 0.05) is 30.8 Å². The molecule has 0 spiro atoms. The van der Waals surface area contributed by atoms with Crippen LogP contribution in [0, 0.1) is 5.92 Å². The van der Waals surface area contributed by atoms with E-state index in [0.29, 0.717) is 0 Å². The lowest BCUT2D eigenvalue weighted by Crippen LogP contribution is -2.45. The van der Waals surface area contributed by atoms with Crippen LogP contribution in [0.2, 0.25) is 0 Å². The van der Waals surface area contributed by atoms with E-state index in [1.54, 1.807) is 0 Å². The van der Waals surface area contributed by atoms with Gasteiger partial charge in [0.05, 0.1) is 5.92 Å². The second-order valence-corrected chi connectivity index (χ2v) is 6.20. The summed E-state index contributed by atoms with van der Waals surface area (Å²) in [6.45, 7) is 1.01. The average molecular weight is 288 g/mol. The van der Waals surface area contributed by atoms with Crippen LogP contribution in [0.4, 0.5) is 5.69 Å². The number of nitrogens with one attached hydrogen (secondary N) is 2. The van der Waals surface area contributed by atoms with Gasteiger partial charge < -0.3 is 15.7 Å². The van der Waals surface area contributed by atoms with Crippen molar-refractivity contribution in [1.82, 2.24) is 5.32 Å². The molecule has 1 amide bonds. The van der Waals surface area contributed by atoms with Crippen LogP contribution in [-0.2, 0) is 4.79 Å². The molecule has 3 atom stereocenters. The maximum absolute atomic E-state index is 12.7. The van der Waals surface area contributed by atoms with E-state index in [9.17, 15) is 9.90 Å². The van der Waals surface area contributed by atoms with Crippen LogP contribution in [-0.4, -0.2) is 30.2 Å². The van der Waals surface area contributed by atoms with Crippen LogP contribution in [0.25, 0.3) is 0 Å². The average Bonchev–Trinajstić information content (AvgIpc) is 2.54. The Morgan fingerprint density at radius 2 is 2.05 bits per heavy atom. The van der Waals surface area contributed by atoms with Gasteiger partial charge >= 0.3 is 0 Å². The van der Waals surface area contributed by atoms with Crippen molar-refractivity contribution in [3.05, 3.63) is 29.8 Å². The number of carbonyl (C=O) groups is 1. The maximum Gasteiger partial charge on any atom is 0.227 e. The zero-order valence-electron chi connectivity index (χ0n) is 12.3. The van der Waals surface area contributed by atoms with Gasteiger partial charge in [0.2, 0.25) is 5.91 Å². The molecule has 0 radical (unpaired) electrons. The minimum Gasteiger partial charge on any atom is -0.396 e. The largest absolute Gasteiger partial charge is 0.396 e. The maximum atomic E-state index is 12.7. The van der Waals surface area contributed by atoms with Gasteiger partial charge in [-0.05, 0) is 30.9 Å². The molecule has 0 bridgehead atoms. The van der Waals surface area contributed by atoms with E-state index < -0.39 is 0 Å². The van der Waals surface area contributed by atoms with Crippen molar-refractivity contribution in [3.63, 3.8) is 0 Å². The number of hydrogen-bond donors (Lipinski definition) is 3. The minimum absolute atomic E-state index is 0.0660. The second-order valence-electron chi connectivity index (χ2n) is 6.20. The zero-order chi connectivity index (χ0) is 14.7. The fourth-order valence-electron chi connectivity index (χ4n) is 3.64. The summed E-state index contributed by atoms with van der Waals surface area (Å²) < 4.78 is 0. The van der Waals surface area contributed by atoms with E-state index in [1.165, 1.54) is 0 Å². The summed E-state index contributed by atoms with van der Waals surface area (Å²) in [5.74, 6) is 0.276. The number of fused-ring (bicyclic) bond motifs is 1. The molecule has 1 aromatic rings. The van der Waals surface area contributed by atoms with Crippen molar-refractivity contribution >= 4 is 11.6 Å². The Bertz CT molecular complexity index is 503. The van der Waals surface area contributed by atoms with Crippen LogP contribution >= 0.6 is 0 Å². The summed E-state index contributed by atoms with van der Waals surface area (Å²) >= 11 is 0. The van der Waals surface area contributed by atoms with E-state index in [-0.39, 0.29) is 30.4 Å². The van der Waals surface area contributed by atoms with Gasteiger partial charge in [0.15, 0.2) is 0 Å². The van der Waals surface area contributed by atoms with Gasteiger partial charge in [-0.1, -0.05) is 31.0 Å². The fraction of sp³-hybridized carbons (Fsp3) is 0.588. The summed E-state index contributed by atoms with van der Waals surface area (Å²) in [4.78, 5) is 12.7. The number of aliphatic hydroxyl groups excluding tert-OH is 1. The van der Waals surface area contributed by atoms with Crippen molar-refractivity contribution in [2.45, 2.75) is 44.1 Å². The Kier molecular flexibility index (Phi) is 4.44. The standard InChI is InChI=1S/C17H24N2O2/c20-11-12-5-1-3-7-15(12)19-17(21)14-9-10-18-16-8-4-2-6-13(14)16/h2,4,6,8,12,14-15,18,20H,1,3,5,7,9-11H2,(H,19,21). The minimum atomic E-state index is -0.0660. The van der Waals surface area contributed by atoms with Gasteiger partial charge in [-0.15, -0.1) is 0 Å². The summed E-state index contributed by atoms with van der Waals surface area (Å²) in [6.07, 6.45) is 5.14. The normalized spacial score (nSPS) is 28.3. The van der Waals surface area contributed by atoms with E-state index in [4.69, 9.17) is 0 Å². The van der Waals surface area contributed by atoms with Gasteiger partial charge in [-0.25, -0.2) is 0 Å². The SMILES string of the molecule is O=C(NC1CCCCC1CO)C1CCNc2ccccc21. The van der Waals surface area contributed by atoms with Crippen molar-refractivity contribution in [3.8, 4) is 0 Å². The van der Waals surface area contributed by atoms with Gasteiger partial charge in [-0.2, -0.15) is 0 Å². The molecule has 1 aliphatic heterocycles. The Morgan fingerprint density at radius 1 is 1.24 bits per heavy atom. The lowest BCUT2D eigenvalue weighted by Gasteiger charge is -2.33. The van der Waals surface area contributed by atoms with Crippen molar-refractivity contribution < 1.29 is 9.90 Å². The first kappa shape index (κ1) is 14.4. The molecule has 1 heterocycles. The molecule has 114 valence electrons. The molecular formula is C17H24N2O2. The van der Waals surface area contributed by atoms with Crippen molar-refractivity contribution in [2.24, 2.45) is 5.92 Å². The fourth-order valence-corrected chi connectivity index (χ4v) is 3.64. The molecule has 4 heteroatoms. The molecule has 3 rings (SSSR count). The van der Waals surface area contributed by atoms with Crippen LogP contribution in [0.5, 0.6) is 0 Å². The third-order valence-corrected chi connectivity index (χ3v) is 4.87. The number of amides is 1. The lowest BCUT2D eigenvalue weighted by molar-refractivity contribution is -0.124. The number of para-hydroxylation sites is 1. The molecule has 21 heavy (non-hydrogen) atoms. The predicted octanol–water partition coefficient (Wildman–Crippen LogP) is 2.25. The highest BCUT2D eigenvalue weighted by Gasteiger charge is 2.31. The molecule has 1 aromatic carbocycles. The number of carbonyl (C=O) groups excluding carboxylic acids is 1. The number of anilines is 1. The topological polar surface area (TPSA) is 61.4 Å². The van der Waals surface area contributed by atoms with E-state index >= 15 is 0 Å². The van der Waals surface area contributed by atoms with Crippen LogP contribution in [0.1, 0.15) is 43.6 Å². The number of rotatable bonds is 3. The lowest BCUT2D eigenvalue weighted by atomic mass is 9.84. The van der Waals surface area contributed by atoms with Crippen molar-refractivity contribution in [1.29, 1.82) is 0 Å². The number of benzene rings is 1. The Labute approximate surface area is 125 Å². The molecule has 1 saturated carbocycles. The summed E-state index contributed by atoms with van der Waals surface area (Å²) in [5, 5.41) is 16.0. The molecule has 1 aliphatic carbocycles. The van der Waals surface area contributed by atoms with E-state index in [1.807, 2.05) is 24.3 Å². The first-order chi connectivity index (χ1) is 10.3. The smallest absolute Gasteiger partial charge is 0.227 e. The Balaban J connectivity index is 1.71. The molecule has 1 fully saturated rings. The first-order valence-electron chi connectivity index (χ1n) is 8.03. The number of hydrogen-bond acceptors (Lipinski definition) is 3. The third-order valence-electron chi connectivity index (χ3n) is 4.87. The highest BCUT2D eigenvalue weighted by Crippen LogP contribution is 2.32. The van der Waals surface area contributed by atoms with Gasteiger partial charge in [0.25, 0.3) is 0 Å². The molecule has 0 aromatic heterocycles. The van der Waals surface area contributed by atoms with Crippen LogP contribution in [0.3, 0.4) is 0 Å². The third kappa shape index (κ3) is 3.05. The van der Waals surface area contributed by atoms with E-state index in [2.05, 4.69) is 10.6 Å². The van der Waals surface area contributed by atoms with Gasteiger partial charge in [0.1, 0.15) is 0 Å². The zero-order valence-corrected chi connectivity index (χ0v) is 12.3. The second kappa shape index (κ2) is 6.48. The van der Waals surface area contributed by atoms with E-state index in [0.717, 1.165) is 49.9 Å². The van der Waals surface area contributed by atoms with Crippen molar-refractivity contribution in [2.75, 3.05) is 18.5 Å². The first-order valence-corrected chi connectivity index (χ1v) is 8.03. The van der Waals surface area contributed by atoms with Crippen LogP contribution < -0.4 is 10.6 Å². The molecule has 4 nitrogen and oxygen atoms in total. The predicted molar refractivity (Wildman–Crippen MR) is 83.3 cm³/mol. The summed E-state index contributed by atoms with van der Waals surface area (Å²) in [5.41, 5.74) is 2.17. The number of aliphatic hydroxyl groups is 1. The molecule has 2 aliphatic rings. The molecule has 3 N–H and O–H groups in total. The molecule has 0 saturated heterocycles. The quantitative estimate of drug-likeness (QED) is 0.799. The summed E-state index contributed by atoms with van der Waals surface area (Å²) in [6, 6.07) is 8.19. The molecule has 3 unspecified atom stereocenters. The highest BCUT2D eigenvalue weighted by atomic mass is 16.3. The van der Waals surface area contributed by atoms with Crippen LogP contribution in [0.15, 0.2) is 24.3 Å². The monoisotopic (exact) mass is 288 g/mol. The summed E-state index contributed by atoms with van der Waals surface area (Å²) in [7, 11) is 0. The van der Waals surface area contributed by atoms with Gasteiger partial charge in [-0.3, -0.25) is 4.79 Å². The molecular weight excluding hydrogens is 264 g/mol.